The minimum atomic E-state index is -0.0580. The highest BCUT2D eigenvalue weighted by atomic mass is 32.1. The Hall–Kier alpha value is -2.25. The molecule has 3 rings (SSSR count). The van der Waals surface area contributed by atoms with E-state index in [0.717, 1.165) is 30.4 Å². The number of nitrogens with two attached hydrogens (primary N) is 1. The first-order valence-corrected chi connectivity index (χ1v) is 7.46. The third-order valence-corrected chi connectivity index (χ3v) is 3.73. The second-order valence-corrected chi connectivity index (χ2v) is 5.55. The van der Waals surface area contributed by atoms with Crippen molar-refractivity contribution in [2.75, 3.05) is 13.1 Å². The Kier molecular flexibility index (Phi) is 4.17. The molecular weight excluding hydrogens is 298 g/mol. The maximum absolute atomic E-state index is 10.5. The molecule has 7 heteroatoms. The van der Waals surface area contributed by atoms with Crippen LogP contribution in [-0.4, -0.2) is 32.8 Å². The van der Waals surface area contributed by atoms with Crippen LogP contribution < -0.4 is 5.73 Å². The first-order valence-electron chi connectivity index (χ1n) is 7.05. The fourth-order valence-electron chi connectivity index (χ4n) is 2.63. The van der Waals surface area contributed by atoms with Gasteiger partial charge in [-0.05, 0) is 24.7 Å². The van der Waals surface area contributed by atoms with Crippen LogP contribution >= 0.6 is 12.2 Å². The Morgan fingerprint density at radius 3 is 2.86 bits per heavy atom. The number of fused-ring (bicyclic) bond motifs is 1. The molecular formula is C15H17N5OS. The minimum absolute atomic E-state index is 0.0580. The van der Waals surface area contributed by atoms with Crippen molar-refractivity contribution in [3.05, 3.63) is 36.4 Å². The molecule has 0 fully saturated rings. The van der Waals surface area contributed by atoms with Gasteiger partial charge in [-0.15, -0.1) is 10.2 Å². The third kappa shape index (κ3) is 2.86. The molecule has 114 valence electrons. The van der Waals surface area contributed by atoms with Crippen molar-refractivity contribution in [3.8, 4) is 5.88 Å². The summed E-state index contributed by atoms with van der Waals surface area (Å²) in [4.78, 5) is 2.25. The van der Waals surface area contributed by atoms with Gasteiger partial charge in [0.05, 0.1) is 12.2 Å². The van der Waals surface area contributed by atoms with Gasteiger partial charge in [-0.1, -0.05) is 30.4 Å². The summed E-state index contributed by atoms with van der Waals surface area (Å²) < 4.78 is 1.84. The highest BCUT2D eigenvalue weighted by Crippen LogP contribution is 2.38. The predicted octanol–water partition coefficient (Wildman–Crippen LogP) is 2.89. The van der Waals surface area contributed by atoms with Crippen LogP contribution in [0.5, 0.6) is 5.88 Å². The van der Waals surface area contributed by atoms with Gasteiger partial charge in [0, 0.05) is 18.5 Å². The summed E-state index contributed by atoms with van der Waals surface area (Å²) >= 11 is 4.71. The van der Waals surface area contributed by atoms with E-state index in [-0.39, 0.29) is 11.0 Å². The van der Waals surface area contributed by atoms with Gasteiger partial charge in [-0.3, -0.25) is 9.47 Å². The van der Waals surface area contributed by atoms with Gasteiger partial charge in [0.15, 0.2) is 5.69 Å². The van der Waals surface area contributed by atoms with Crippen molar-refractivity contribution >= 4 is 33.9 Å². The molecule has 0 amide bonds. The van der Waals surface area contributed by atoms with E-state index in [2.05, 4.69) is 27.3 Å². The summed E-state index contributed by atoms with van der Waals surface area (Å²) in [6.07, 6.45) is 5.33. The number of nitrogens with zero attached hydrogens (tertiary/aromatic N) is 4. The zero-order valence-corrected chi connectivity index (χ0v) is 12.8. The second-order valence-electron chi connectivity index (χ2n) is 5.13. The molecule has 1 aromatic heterocycles. The van der Waals surface area contributed by atoms with Gasteiger partial charge in [0.1, 0.15) is 0 Å². The molecule has 6 nitrogen and oxygen atoms in total. The summed E-state index contributed by atoms with van der Waals surface area (Å²) in [5.74, 6) is 0.0794. The van der Waals surface area contributed by atoms with E-state index in [1.807, 2.05) is 28.8 Å². The molecule has 2 aromatic rings. The number of aromatic nitrogens is 1. The van der Waals surface area contributed by atoms with Crippen molar-refractivity contribution < 1.29 is 5.11 Å². The first-order chi connectivity index (χ1) is 10.7. The summed E-state index contributed by atoms with van der Waals surface area (Å²) in [5, 5.41) is 19.0. The van der Waals surface area contributed by atoms with E-state index in [1.54, 1.807) is 0 Å². The van der Waals surface area contributed by atoms with Gasteiger partial charge in [-0.2, -0.15) is 0 Å². The molecule has 1 aliphatic rings. The third-order valence-electron chi connectivity index (χ3n) is 3.65. The molecule has 0 aliphatic carbocycles. The van der Waals surface area contributed by atoms with Gasteiger partial charge in [-0.25, -0.2) is 0 Å². The van der Waals surface area contributed by atoms with Crippen molar-refractivity contribution in [2.45, 2.75) is 13.1 Å². The Morgan fingerprint density at radius 2 is 2.14 bits per heavy atom. The number of thiocarbonyl (C=S) groups is 1. The topological polar surface area (TPSA) is 79.1 Å². The van der Waals surface area contributed by atoms with Gasteiger partial charge in [0.25, 0.3) is 0 Å². The molecule has 0 unspecified atom stereocenters. The Balaban J connectivity index is 2.03. The molecule has 3 N–H and O–H groups in total. The zero-order valence-electron chi connectivity index (χ0n) is 12.0. The smallest absolute Gasteiger partial charge is 0.221 e. The molecule has 0 saturated heterocycles. The second kappa shape index (κ2) is 6.25. The highest BCUT2D eigenvalue weighted by Gasteiger charge is 2.18. The predicted molar refractivity (Wildman–Crippen MR) is 90.2 cm³/mol. The van der Waals surface area contributed by atoms with Crippen LogP contribution in [0.4, 0.5) is 5.69 Å². The van der Waals surface area contributed by atoms with Crippen LogP contribution in [-0.2, 0) is 6.67 Å². The molecule has 0 saturated carbocycles. The molecule has 0 atom stereocenters. The maximum Gasteiger partial charge on any atom is 0.221 e. The quantitative estimate of drug-likeness (QED) is 0.518. The van der Waals surface area contributed by atoms with E-state index in [1.165, 1.54) is 0 Å². The number of hydrogen-bond acceptors (Lipinski definition) is 4. The van der Waals surface area contributed by atoms with Crippen molar-refractivity contribution in [1.82, 2.24) is 9.47 Å². The molecule has 22 heavy (non-hydrogen) atoms. The lowest BCUT2D eigenvalue weighted by atomic mass is 10.2. The van der Waals surface area contributed by atoms with Crippen LogP contribution in [0.25, 0.3) is 10.9 Å². The standard InChI is InChI=1S/C15H17N5OS/c16-15(22)18-17-13-11-6-2-3-7-12(11)20(14(13)21)10-19-8-4-1-5-9-19/h1-4,6-7,21H,5,8-10H2,(H2,16,22). The van der Waals surface area contributed by atoms with Crippen LogP contribution in [0.3, 0.4) is 0 Å². The van der Waals surface area contributed by atoms with Crippen LogP contribution in [0.2, 0.25) is 0 Å². The summed E-state index contributed by atoms with van der Waals surface area (Å²) in [7, 11) is 0. The normalized spacial score (nSPS) is 15.8. The first kappa shape index (κ1) is 14.7. The summed E-state index contributed by atoms with van der Waals surface area (Å²) in [5.41, 5.74) is 6.67. The lowest BCUT2D eigenvalue weighted by Crippen LogP contribution is -2.29. The molecule has 0 spiro atoms. The van der Waals surface area contributed by atoms with E-state index in [9.17, 15) is 5.11 Å². The Bertz CT molecular complexity index is 765. The lowest BCUT2D eigenvalue weighted by molar-refractivity contribution is 0.230. The van der Waals surface area contributed by atoms with E-state index < -0.39 is 0 Å². The largest absolute Gasteiger partial charge is 0.493 e. The summed E-state index contributed by atoms with van der Waals surface area (Å²) in [6, 6.07) is 7.68. The average molecular weight is 315 g/mol. The summed E-state index contributed by atoms with van der Waals surface area (Å²) in [6.45, 7) is 2.43. The number of azo groups is 1. The molecule has 1 aromatic carbocycles. The van der Waals surface area contributed by atoms with Gasteiger partial charge in [0.2, 0.25) is 11.0 Å². The van der Waals surface area contributed by atoms with Crippen LogP contribution in [0.15, 0.2) is 46.6 Å². The fourth-order valence-corrected chi connectivity index (χ4v) is 2.67. The van der Waals surface area contributed by atoms with Crippen molar-refractivity contribution in [1.29, 1.82) is 0 Å². The molecule has 2 heterocycles. The maximum atomic E-state index is 10.5. The van der Waals surface area contributed by atoms with E-state index in [4.69, 9.17) is 18.0 Å². The van der Waals surface area contributed by atoms with Gasteiger partial charge >= 0.3 is 0 Å². The van der Waals surface area contributed by atoms with Crippen molar-refractivity contribution in [3.63, 3.8) is 0 Å². The number of aromatic hydroxyl groups is 1. The average Bonchev–Trinajstić information content (AvgIpc) is 2.79. The zero-order chi connectivity index (χ0) is 15.5. The van der Waals surface area contributed by atoms with E-state index >= 15 is 0 Å². The molecule has 0 radical (unpaired) electrons. The highest BCUT2D eigenvalue weighted by molar-refractivity contribution is 7.80. The van der Waals surface area contributed by atoms with Crippen molar-refractivity contribution in [2.24, 2.45) is 16.0 Å². The number of rotatable bonds is 3. The lowest BCUT2D eigenvalue weighted by Gasteiger charge is -2.24. The Labute approximate surface area is 133 Å². The fraction of sp³-hybridized carbons (Fsp3) is 0.267. The minimum Gasteiger partial charge on any atom is -0.493 e. The number of hydrogen-bond donors (Lipinski definition) is 2. The molecule has 1 aliphatic heterocycles. The number of para-hydroxylation sites is 1. The Morgan fingerprint density at radius 1 is 1.32 bits per heavy atom. The SMILES string of the molecule is NC(=S)N=Nc1c(O)n(CN2CC=CCC2)c2ccccc12. The van der Waals surface area contributed by atoms with Crippen LogP contribution in [0, 0.1) is 0 Å². The molecule has 0 bridgehead atoms. The van der Waals surface area contributed by atoms with E-state index in [0.29, 0.717) is 12.4 Å². The number of benzene rings is 1. The monoisotopic (exact) mass is 315 g/mol. The van der Waals surface area contributed by atoms with Gasteiger partial charge < -0.3 is 10.8 Å². The van der Waals surface area contributed by atoms with Crippen LogP contribution in [0.1, 0.15) is 6.42 Å².